The summed E-state index contributed by atoms with van der Waals surface area (Å²) >= 11 is 0. The SMILES string of the molecule is Cc1cnc(Nc2cc(C)n(C)n2)nc1-c1c[nH]c2c(NC(=O)CN3CCC(Oc4cc(N5CCCC5)ncn4)C3)cccc12. The number of fused-ring (bicyclic) bond motifs is 1. The monoisotopic (exact) mass is 607 g/mol. The average molecular weight is 608 g/mol. The molecule has 45 heavy (non-hydrogen) atoms. The second-order valence-electron chi connectivity index (χ2n) is 11.8. The lowest BCUT2D eigenvalue weighted by Gasteiger charge is -2.18. The first-order valence-electron chi connectivity index (χ1n) is 15.4. The molecule has 0 radical (unpaired) electrons. The number of aromatic nitrogens is 7. The minimum atomic E-state index is -0.0759. The van der Waals surface area contributed by atoms with Gasteiger partial charge in [-0.1, -0.05) is 12.1 Å². The van der Waals surface area contributed by atoms with Gasteiger partial charge < -0.3 is 25.3 Å². The van der Waals surface area contributed by atoms with E-state index >= 15 is 0 Å². The van der Waals surface area contributed by atoms with Crippen molar-refractivity contribution in [2.24, 2.45) is 7.05 Å². The zero-order valence-electron chi connectivity index (χ0n) is 25.7. The first-order chi connectivity index (χ1) is 21.9. The van der Waals surface area contributed by atoms with Crippen molar-refractivity contribution in [3.8, 4) is 17.1 Å². The maximum Gasteiger partial charge on any atom is 0.238 e. The fourth-order valence-corrected chi connectivity index (χ4v) is 6.08. The van der Waals surface area contributed by atoms with Crippen LogP contribution in [0.15, 0.2) is 49.1 Å². The van der Waals surface area contributed by atoms with Crippen molar-refractivity contribution >= 4 is 40.1 Å². The van der Waals surface area contributed by atoms with E-state index in [9.17, 15) is 4.79 Å². The zero-order chi connectivity index (χ0) is 30.9. The highest BCUT2D eigenvalue weighted by atomic mass is 16.5. The van der Waals surface area contributed by atoms with Crippen molar-refractivity contribution in [3.63, 3.8) is 0 Å². The number of carbonyl (C=O) groups excluding carboxylic acids is 1. The molecule has 13 nitrogen and oxygen atoms in total. The number of aryl methyl sites for hydroxylation is 3. The fourth-order valence-electron chi connectivity index (χ4n) is 6.08. The van der Waals surface area contributed by atoms with Gasteiger partial charge in [0.1, 0.15) is 18.2 Å². The van der Waals surface area contributed by atoms with Crippen LogP contribution in [-0.4, -0.2) is 84.3 Å². The molecule has 2 fully saturated rings. The molecule has 2 aliphatic heterocycles. The standard InChI is InChI=1S/C32H37N11O2/c1-20-15-34-32(38-26-13-21(2)41(3)40-26)39-30(20)24-16-33-31-23(24)7-6-8-25(31)37-28(44)18-42-12-9-22(17-42)45-29-14-27(35-19-36-29)43-10-4-5-11-43/h6-8,13-16,19,22,33H,4-5,9-12,17-18H2,1-3H3,(H,37,44)(H,34,38,39,40). The molecular formula is C32H37N11O2. The van der Waals surface area contributed by atoms with Crippen LogP contribution in [0.4, 0.5) is 23.3 Å². The van der Waals surface area contributed by atoms with E-state index in [-0.39, 0.29) is 18.6 Å². The average Bonchev–Trinajstić information content (AvgIpc) is 3.84. The molecule has 0 bridgehead atoms. The second-order valence-corrected chi connectivity index (χ2v) is 11.8. The molecule has 4 aromatic heterocycles. The Kier molecular flexibility index (Phi) is 7.76. The first-order valence-corrected chi connectivity index (χ1v) is 15.4. The van der Waals surface area contributed by atoms with Gasteiger partial charge in [0.25, 0.3) is 0 Å². The predicted octanol–water partition coefficient (Wildman–Crippen LogP) is 4.20. The van der Waals surface area contributed by atoms with E-state index in [1.54, 1.807) is 17.2 Å². The third-order valence-corrected chi connectivity index (χ3v) is 8.51. The van der Waals surface area contributed by atoms with Crippen LogP contribution in [0.1, 0.15) is 30.5 Å². The van der Waals surface area contributed by atoms with Crippen LogP contribution < -0.4 is 20.3 Å². The molecule has 1 amide bonds. The van der Waals surface area contributed by atoms with Gasteiger partial charge in [0.05, 0.1) is 23.4 Å². The van der Waals surface area contributed by atoms with Crippen LogP contribution in [0.5, 0.6) is 5.88 Å². The molecule has 1 aromatic carbocycles. The highest BCUT2D eigenvalue weighted by Crippen LogP contribution is 2.33. The number of para-hydroxylation sites is 1. The number of aromatic amines is 1. The van der Waals surface area contributed by atoms with Crippen LogP contribution in [0.2, 0.25) is 0 Å². The fraction of sp³-hybridized carbons (Fsp3) is 0.375. The molecule has 7 rings (SSSR count). The molecular weight excluding hydrogens is 570 g/mol. The lowest BCUT2D eigenvalue weighted by Crippen LogP contribution is -2.33. The van der Waals surface area contributed by atoms with Crippen LogP contribution in [0.3, 0.4) is 0 Å². The molecule has 13 heteroatoms. The summed E-state index contributed by atoms with van der Waals surface area (Å²) < 4.78 is 7.99. The molecule has 5 aromatic rings. The predicted molar refractivity (Wildman–Crippen MR) is 173 cm³/mol. The van der Waals surface area contributed by atoms with E-state index in [2.05, 4.69) is 45.5 Å². The molecule has 3 N–H and O–H groups in total. The summed E-state index contributed by atoms with van der Waals surface area (Å²) in [4.78, 5) is 38.9. The topological polar surface area (TPSA) is 142 Å². The normalized spacial score (nSPS) is 16.9. The number of nitrogens with one attached hydrogen (secondary N) is 3. The number of rotatable bonds is 9. The molecule has 0 aliphatic carbocycles. The van der Waals surface area contributed by atoms with Gasteiger partial charge in [0, 0.05) is 74.4 Å². The van der Waals surface area contributed by atoms with E-state index < -0.39 is 0 Å². The second kappa shape index (κ2) is 12.2. The summed E-state index contributed by atoms with van der Waals surface area (Å²) in [6.07, 6.45) is 8.48. The number of ether oxygens (including phenoxy) is 1. The van der Waals surface area contributed by atoms with Crippen molar-refractivity contribution in [1.29, 1.82) is 0 Å². The minimum absolute atomic E-state index is 0.0225. The molecule has 6 heterocycles. The van der Waals surface area contributed by atoms with Gasteiger partial charge in [0.2, 0.25) is 17.7 Å². The number of H-pyrrole nitrogens is 1. The van der Waals surface area contributed by atoms with Crippen LogP contribution in [0.25, 0.3) is 22.2 Å². The van der Waals surface area contributed by atoms with Crippen molar-refractivity contribution in [3.05, 3.63) is 60.3 Å². The highest BCUT2D eigenvalue weighted by Gasteiger charge is 2.27. The molecule has 1 atom stereocenters. The van der Waals surface area contributed by atoms with E-state index in [4.69, 9.17) is 9.72 Å². The van der Waals surface area contributed by atoms with Gasteiger partial charge in [-0.3, -0.25) is 14.4 Å². The van der Waals surface area contributed by atoms with Crippen LogP contribution >= 0.6 is 0 Å². The summed E-state index contributed by atoms with van der Waals surface area (Å²) in [6.45, 7) is 7.73. The number of hydrogen-bond acceptors (Lipinski definition) is 10. The molecule has 0 spiro atoms. The maximum absolute atomic E-state index is 13.2. The van der Waals surface area contributed by atoms with Crippen molar-refractivity contribution in [2.75, 3.05) is 48.3 Å². The Hall–Kier alpha value is -5.04. The van der Waals surface area contributed by atoms with Gasteiger partial charge in [-0.2, -0.15) is 5.10 Å². The third-order valence-electron chi connectivity index (χ3n) is 8.51. The summed E-state index contributed by atoms with van der Waals surface area (Å²) in [7, 11) is 1.90. The van der Waals surface area contributed by atoms with Crippen molar-refractivity contribution in [1.82, 2.24) is 39.6 Å². The van der Waals surface area contributed by atoms with Crippen molar-refractivity contribution in [2.45, 2.75) is 39.2 Å². The number of nitrogens with zero attached hydrogens (tertiary/aromatic N) is 8. The molecule has 232 valence electrons. The molecule has 2 saturated heterocycles. The Labute approximate surface area is 261 Å². The van der Waals surface area contributed by atoms with Gasteiger partial charge in [-0.05, 0) is 44.7 Å². The van der Waals surface area contributed by atoms with Gasteiger partial charge in [0.15, 0.2) is 5.82 Å². The lowest BCUT2D eigenvalue weighted by molar-refractivity contribution is -0.117. The summed E-state index contributed by atoms with van der Waals surface area (Å²) in [5.74, 6) is 2.58. The van der Waals surface area contributed by atoms with Crippen molar-refractivity contribution < 1.29 is 9.53 Å². The Morgan fingerprint density at radius 3 is 2.80 bits per heavy atom. The minimum Gasteiger partial charge on any atom is -0.473 e. The Balaban J connectivity index is 1.000. The quantitative estimate of drug-likeness (QED) is 0.223. The van der Waals surface area contributed by atoms with Crippen LogP contribution in [0, 0.1) is 13.8 Å². The van der Waals surface area contributed by atoms with E-state index in [0.29, 0.717) is 24.2 Å². The number of amides is 1. The Morgan fingerprint density at radius 2 is 1.98 bits per heavy atom. The Morgan fingerprint density at radius 1 is 1.11 bits per heavy atom. The number of carbonyl (C=O) groups is 1. The van der Waals surface area contributed by atoms with Gasteiger partial charge >= 0.3 is 0 Å². The van der Waals surface area contributed by atoms with Crippen LogP contribution in [-0.2, 0) is 11.8 Å². The van der Waals surface area contributed by atoms with E-state index in [0.717, 1.165) is 71.0 Å². The summed E-state index contributed by atoms with van der Waals surface area (Å²) in [5, 5.41) is 11.7. The lowest BCUT2D eigenvalue weighted by atomic mass is 10.1. The summed E-state index contributed by atoms with van der Waals surface area (Å²) in [6, 6.07) is 9.75. The molecule has 2 aliphatic rings. The number of benzene rings is 1. The van der Waals surface area contributed by atoms with E-state index in [1.807, 2.05) is 57.4 Å². The van der Waals surface area contributed by atoms with Gasteiger partial charge in [-0.25, -0.2) is 19.9 Å². The number of likely N-dealkylation sites (tertiary alicyclic amines) is 1. The third kappa shape index (κ3) is 6.16. The molecule has 1 unspecified atom stereocenters. The highest BCUT2D eigenvalue weighted by molar-refractivity contribution is 6.06. The maximum atomic E-state index is 13.2. The smallest absolute Gasteiger partial charge is 0.238 e. The zero-order valence-corrected chi connectivity index (χ0v) is 25.7. The Bertz CT molecular complexity index is 1820. The molecule has 0 saturated carbocycles. The van der Waals surface area contributed by atoms with Gasteiger partial charge in [-0.15, -0.1) is 0 Å². The summed E-state index contributed by atoms with van der Waals surface area (Å²) in [5.41, 5.74) is 5.26. The first kappa shape index (κ1) is 28.7. The number of anilines is 4. The largest absolute Gasteiger partial charge is 0.473 e. The number of hydrogen-bond donors (Lipinski definition) is 3. The van der Waals surface area contributed by atoms with E-state index in [1.165, 1.54) is 12.8 Å².